The maximum atomic E-state index is 10.0. The predicted molar refractivity (Wildman–Crippen MR) is 29.8 cm³/mol. The van der Waals surface area contributed by atoms with Crippen LogP contribution in [0, 0.1) is 6.61 Å². The molecule has 0 aliphatic rings. The van der Waals surface area contributed by atoms with Crippen LogP contribution >= 0.6 is 0 Å². The molecule has 1 aromatic carbocycles. The second-order valence-electron chi connectivity index (χ2n) is 1.53. The lowest BCUT2D eigenvalue weighted by molar-refractivity contribution is -0.307. The average molecular weight is 106 g/mol. The summed E-state index contributed by atoms with van der Waals surface area (Å²) in [5.74, 6) is 0. The summed E-state index contributed by atoms with van der Waals surface area (Å²) in [6.45, 7) is 0.833. The molecule has 0 aromatic heterocycles. The van der Waals surface area contributed by atoms with Crippen LogP contribution in [-0.4, -0.2) is 0 Å². The third-order valence-corrected chi connectivity index (χ3v) is 0.936. The van der Waals surface area contributed by atoms with Gasteiger partial charge in [0.25, 0.3) is 0 Å². The molecule has 0 N–H and O–H groups in total. The fraction of sp³-hybridized carbons (Fsp3) is 0. The highest BCUT2D eigenvalue weighted by molar-refractivity contribution is 5.18. The van der Waals surface area contributed by atoms with Gasteiger partial charge in [-0.2, -0.15) is 0 Å². The zero-order valence-electron chi connectivity index (χ0n) is 4.37. The first-order chi connectivity index (χ1) is 3.93. The van der Waals surface area contributed by atoms with Crippen molar-refractivity contribution in [2.75, 3.05) is 0 Å². The topological polar surface area (TPSA) is 23.1 Å². The summed E-state index contributed by atoms with van der Waals surface area (Å²) < 4.78 is 0. The Kier molecular flexibility index (Phi) is 1.65. The Morgan fingerprint density at radius 2 is 1.75 bits per heavy atom. The van der Waals surface area contributed by atoms with Crippen molar-refractivity contribution in [2.45, 2.75) is 0 Å². The molecule has 1 radical (unpaired) electrons. The zero-order chi connectivity index (χ0) is 5.82. The van der Waals surface area contributed by atoms with Crippen molar-refractivity contribution in [1.29, 1.82) is 0 Å². The minimum absolute atomic E-state index is 0.729. The Morgan fingerprint density at radius 1 is 1.12 bits per heavy atom. The number of benzene rings is 1. The molecule has 1 rings (SSSR count). The lowest BCUT2D eigenvalue weighted by Gasteiger charge is -2.00. The second-order valence-corrected chi connectivity index (χ2v) is 1.53. The SMILES string of the molecule is [O-][CH]c1ccccc1. The molecule has 0 heterocycles. The zero-order valence-corrected chi connectivity index (χ0v) is 4.37. The minimum atomic E-state index is 0.729. The third kappa shape index (κ3) is 1.07. The number of rotatable bonds is 1. The van der Waals surface area contributed by atoms with E-state index < -0.39 is 0 Å². The highest BCUT2D eigenvalue weighted by atomic mass is 16.3. The first-order valence-electron chi connectivity index (χ1n) is 2.44. The molecule has 1 aromatic rings. The summed E-state index contributed by atoms with van der Waals surface area (Å²) >= 11 is 0. The van der Waals surface area contributed by atoms with Gasteiger partial charge in [0.15, 0.2) is 0 Å². The molecule has 0 unspecified atom stereocenters. The van der Waals surface area contributed by atoms with E-state index in [-0.39, 0.29) is 0 Å². The molecule has 1 heteroatoms. The van der Waals surface area contributed by atoms with Crippen molar-refractivity contribution in [3.8, 4) is 0 Å². The van der Waals surface area contributed by atoms with Gasteiger partial charge in [-0.25, -0.2) is 0 Å². The van der Waals surface area contributed by atoms with E-state index in [0.717, 1.165) is 12.2 Å². The largest absolute Gasteiger partial charge is 0.849 e. The molecule has 41 valence electrons. The second kappa shape index (κ2) is 2.48. The van der Waals surface area contributed by atoms with E-state index in [9.17, 15) is 5.11 Å². The van der Waals surface area contributed by atoms with Crippen LogP contribution in [0.4, 0.5) is 0 Å². The van der Waals surface area contributed by atoms with Gasteiger partial charge in [0.1, 0.15) is 0 Å². The lowest BCUT2D eigenvalue weighted by Crippen LogP contribution is -1.97. The predicted octanol–water partition coefficient (Wildman–Crippen LogP) is 0.557. The Hall–Kier alpha value is -0.820. The molecule has 8 heavy (non-hydrogen) atoms. The van der Waals surface area contributed by atoms with Gasteiger partial charge in [0, 0.05) is 0 Å². The third-order valence-electron chi connectivity index (χ3n) is 0.936. The molecule has 0 fully saturated rings. The van der Waals surface area contributed by atoms with Crippen molar-refractivity contribution in [3.05, 3.63) is 42.5 Å². The molecular formula is C7H6O-. The molecular weight excluding hydrogens is 100 g/mol. The Bertz CT molecular complexity index is 146. The Labute approximate surface area is 48.6 Å². The van der Waals surface area contributed by atoms with Crippen LogP contribution in [0.5, 0.6) is 0 Å². The molecule has 0 bridgehead atoms. The molecule has 0 atom stereocenters. The van der Waals surface area contributed by atoms with Gasteiger partial charge in [-0.05, 0) is 0 Å². The van der Waals surface area contributed by atoms with Crippen LogP contribution in [0.2, 0.25) is 0 Å². The van der Waals surface area contributed by atoms with Gasteiger partial charge in [0.2, 0.25) is 0 Å². The summed E-state index contributed by atoms with van der Waals surface area (Å²) in [7, 11) is 0. The van der Waals surface area contributed by atoms with Gasteiger partial charge >= 0.3 is 0 Å². The molecule has 0 amide bonds. The monoisotopic (exact) mass is 106 g/mol. The Balaban J connectivity index is 2.83. The van der Waals surface area contributed by atoms with Crippen molar-refractivity contribution >= 4 is 0 Å². The van der Waals surface area contributed by atoms with E-state index in [4.69, 9.17) is 0 Å². The van der Waals surface area contributed by atoms with E-state index in [1.807, 2.05) is 18.2 Å². The van der Waals surface area contributed by atoms with Crippen LogP contribution < -0.4 is 5.11 Å². The van der Waals surface area contributed by atoms with Crippen LogP contribution in [0.1, 0.15) is 5.56 Å². The smallest absolute Gasteiger partial charge is 0.0602 e. The van der Waals surface area contributed by atoms with E-state index >= 15 is 0 Å². The highest BCUT2D eigenvalue weighted by Gasteiger charge is 1.75. The van der Waals surface area contributed by atoms with E-state index in [1.54, 1.807) is 12.1 Å². The van der Waals surface area contributed by atoms with Gasteiger partial charge in [-0.3, -0.25) is 0 Å². The molecule has 0 aliphatic heterocycles. The van der Waals surface area contributed by atoms with Crippen molar-refractivity contribution < 1.29 is 5.11 Å². The fourth-order valence-corrected chi connectivity index (χ4v) is 0.532. The van der Waals surface area contributed by atoms with Crippen molar-refractivity contribution in [1.82, 2.24) is 0 Å². The molecule has 1 nitrogen and oxygen atoms in total. The quantitative estimate of drug-likeness (QED) is 0.513. The standard InChI is InChI=1S/C7H6O/c8-6-7-4-2-1-3-5-7/h1-6H/q-1. The molecule has 0 aliphatic carbocycles. The number of hydrogen-bond acceptors (Lipinski definition) is 1. The normalized spacial score (nSPS) is 9.12. The van der Waals surface area contributed by atoms with Crippen LogP contribution in [0.3, 0.4) is 0 Å². The lowest BCUT2D eigenvalue weighted by atomic mass is 10.2. The first-order valence-corrected chi connectivity index (χ1v) is 2.44. The summed E-state index contributed by atoms with van der Waals surface area (Å²) in [6, 6.07) is 9.10. The van der Waals surface area contributed by atoms with Gasteiger partial charge in [-0.15, -0.1) is 6.61 Å². The fourth-order valence-electron chi connectivity index (χ4n) is 0.532. The maximum Gasteiger partial charge on any atom is -0.0602 e. The summed E-state index contributed by atoms with van der Waals surface area (Å²) in [6.07, 6.45) is 0. The number of hydrogen-bond donors (Lipinski definition) is 0. The van der Waals surface area contributed by atoms with Crippen LogP contribution in [0.15, 0.2) is 30.3 Å². The maximum absolute atomic E-state index is 10.0. The minimum Gasteiger partial charge on any atom is -0.849 e. The molecule has 0 saturated heterocycles. The van der Waals surface area contributed by atoms with Crippen molar-refractivity contribution in [3.63, 3.8) is 0 Å². The molecule has 0 saturated carbocycles. The molecule has 0 spiro atoms. The van der Waals surface area contributed by atoms with Gasteiger partial charge in [-0.1, -0.05) is 35.9 Å². The summed E-state index contributed by atoms with van der Waals surface area (Å²) in [5.41, 5.74) is 0.729. The summed E-state index contributed by atoms with van der Waals surface area (Å²) in [4.78, 5) is 0. The van der Waals surface area contributed by atoms with E-state index in [0.29, 0.717) is 0 Å². The average Bonchev–Trinajstić information content (AvgIpc) is 1.90. The first kappa shape index (κ1) is 5.32. The van der Waals surface area contributed by atoms with Crippen LogP contribution in [-0.2, 0) is 0 Å². The van der Waals surface area contributed by atoms with Crippen molar-refractivity contribution in [2.24, 2.45) is 0 Å². The van der Waals surface area contributed by atoms with E-state index in [2.05, 4.69) is 0 Å². The van der Waals surface area contributed by atoms with Gasteiger partial charge < -0.3 is 5.11 Å². The van der Waals surface area contributed by atoms with Crippen LogP contribution in [0.25, 0.3) is 0 Å². The highest BCUT2D eigenvalue weighted by Crippen LogP contribution is 1.95. The van der Waals surface area contributed by atoms with E-state index in [1.165, 1.54) is 0 Å². The Morgan fingerprint density at radius 3 is 2.12 bits per heavy atom. The summed E-state index contributed by atoms with van der Waals surface area (Å²) in [5, 5.41) is 10.0. The van der Waals surface area contributed by atoms with Gasteiger partial charge in [0.05, 0.1) is 0 Å².